The minimum atomic E-state index is -3.64. The molecule has 1 aliphatic carbocycles. The largest absolute Gasteiger partial charge is 0.484 e. The first-order valence-corrected chi connectivity index (χ1v) is 13.2. The van der Waals surface area contributed by atoms with Gasteiger partial charge in [-0.3, -0.25) is 4.79 Å². The lowest BCUT2D eigenvalue weighted by molar-refractivity contribution is -0.0720. The molecule has 3 unspecified atom stereocenters. The number of hydrogen-bond donors (Lipinski definition) is 0. The van der Waals surface area contributed by atoms with E-state index in [9.17, 15) is 22.0 Å². The number of sulfone groups is 1. The molecule has 12 heteroatoms. The van der Waals surface area contributed by atoms with Crippen LogP contribution in [-0.4, -0.2) is 74.0 Å². The second kappa shape index (κ2) is 7.70. The van der Waals surface area contributed by atoms with Crippen LogP contribution in [0.2, 0.25) is 0 Å². The SMILES string of the molecule is CC(Oc1ccc(S(C)(=O)=O)cc1C(=O)N1CC2CC2(c2noc(C3(C)COC3)n2)C1)C(C)(F)F. The van der Waals surface area contributed by atoms with Crippen LogP contribution in [-0.2, 0) is 25.4 Å². The van der Waals surface area contributed by atoms with Crippen LogP contribution >= 0.6 is 0 Å². The second-order valence-electron chi connectivity index (χ2n) is 10.4. The third-order valence-corrected chi connectivity index (χ3v) is 8.40. The molecule has 2 aliphatic heterocycles. The summed E-state index contributed by atoms with van der Waals surface area (Å²) in [7, 11) is -3.64. The van der Waals surface area contributed by atoms with Crippen LogP contribution in [0.4, 0.5) is 8.78 Å². The first-order chi connectivity index (χ1) is 16.2. The van der Waals surface area contributed by atoms with Gasteiger partial charge in [0.1, 0.15) is 5.75 Å². The van der Waals surface area contributed by atoms with Crippen LogP contribution in [0.5, 0.6) is 5.75 Å². The summed E-state index contributed by atoms with van der Waals surface area (Å²) in [5.41, 5.74) is -0.817. The number of fused-ring (bicyclic) bond motifs is 1. The Morgan fingerprint density at radius 1 is 1.34 bits per heavy atom. The van der Waals surface area contributed by atoms with Crippen molar-refractivity contribution in [3.63, 3.8) is 0 Å². The molecule has 5 rings (SSSR count). The van der Waals surface area contributed by atoms with Crippen LogP contribution in [0.15, 0.2) is 27.6 Å². The Kier molecular flexibility index (Phi) is 5.30. The van der Waals surface area contributed by atoms with E-state index in [-0.39, 0.29) is 27.5 Å². The average molecular weight is 512 g/mol. The van der Waals surface area contributed by atoms with E-state index in [0.29, 0.717) is 38.0 Å². The highest BCUT2D eigenvalue weighted by molar-refractivity contribution is 7.90. The molecule has 3 fully saturated rings. The molecule has 1 aromatic heterocycles. The van der Waals surface area contributed by atoms with Gasteiger partial charge in [-0.2, -0.15) is 4.98 Å². The molecule has 1 aromatic carbocycles. The molecule has 1 saturated carbocycles. The number of benzene rings is 1. The van der Waals surface area contributed by atoms with Crippen LogP contribution < -0.4 is 4.74 Å². The van der Waals surface area contributed by atoms with E-state index in [2.05, 4.69) is 10.1 Å². The molecular formula is C23H27F2N3O6S. The number of aromatic nitrogens is 2. The summed E-state index contributed by atoms with van der Waals surface area (Å²) in [6, 6.07) is 3.69. The highest BCUT2D eigenvalue weighted by atomic mass is 32.2. The van der Waals surface area contributed by atoms with Gasteiger partial charge in [0.2, 0.25) is 5.89 Å². The van der Waals surface area contributed by atoms with E-state index in [1.165, 1.54) is 25.1 Å². The number of carbonyl (C=O) groups excluding carboxylic acids is 1. The molecule has 1 amide bonds. The number of nitrogens with zero attached hydrogens (tertiary/aromatic N) is 3. The fourth-order valence-electron chi connectivity index (χ4n) is 4.66. The summed E-state index contributed by atoms with van der Waals surface area (Å²) >= 11 is 0. The number of ether oxygens (including phenoxy) is 2. The Morgan fingerprint density at radius 2 is 2.06 bits per heavy atom. The fourth-order valence-corrected chi connectivity index (χ4v) is 5.31. The maximum Gasteiger partial charge on any atom is 0.281 e. The highest BCUT2D eigenvalue weighted by Gasteiger charge is 2.65. The summed E-state index contributed by atoms with van der Waals surface area (Å²) in [6.45, 7) is 5.62. The van der Waals surface area contributed by atoms with Gasteiger partial charge < -0.3 is 18.9 Å². The van der Waals surface area contributed by atoms with Crippen molar-refractivity contribution in [3.8, 4) is 5.75 Å². The van der Waals surface area contributed by atoms with Crippen molar-refractivity contribution in [2.24, 2.45) is 5.92 Å². The molecule has 2 aromatic rings. The fraction of sp³-hybridized carbons (Fsp3) is 0.609. The Labute approximate surface area is 201 Å². The maximum atomic E-state index is 13.8. The Morgan fingerprint density at radius 3 is 2.66 bits per heavy atom. The molecule has 0 spiro atoms. The summed E-state index contributed by atoms with van der Waals surface area (Å²) in [5, 5.41) is 4.19. The number of piperidine rings is 1. The lowest BCUT2D eigenvalue weighted by atomic mass is 9.88. The van der Waals surface area contributed by atoms with Gasteiger partial charge >= 0.3 is 0 Å². The van der Waals surface area contributed by atoms with E-state index >= 15 is 0 Å². The summed E-state index contributed by atoms with van der Waals surface area (Å²) in [5.74, 6) is -2.56. The zero-order valence-electron chi connectivity index (χ0n) is 19.9. The van der Waals surface area contributed by atoms with Crippen molar-refractivity contribution >= 4 is 15.7 Å². The topological polar surface area (TPSA) is 112 Å². The van der Waals surface area contributed by atoms with Crippen molar-refractivity contribution in [1.29, 1.82) is 0 Å². The molecule has 3 atom stereocenters. The molecule has 3 heterocycles. The standard InChI is InChI=1S/C23H27F2N3O6S/c1-13(22(3,24)25)33-17-6-5-15(35(4,30)31)7-16(17)18(29)28-9-14-8-23(14,10-28)19-26-20(34-27-19)21(2)11-32-12-21/h5-7,13-14H,8-12H2,1-4H3. The summed E-state index contributed by atoms with van der Waals surface area (Å²) in [6.07, 6.45) is 0.294. The quantitative estimate of drug-likeness (QED) is 0.558. The summed E-state index contributed by atoms with van der Waals surface area (Å²) in [4.78, 5) is 19.6. The number of hydrogen-bond acceptors (Lipinski definition) is 8. The lowest BCUT2D eigenvalue weighted by Gasteiger charge is -2.34. The van der Waals surface area contributed by atoms with Gasteiger partial charge in [-0.05, 0) is 44.4 Å². The predicted molar refractivity (Wildman–Crippen MR) is 118 cm³/mol. The Hall–Kier alpha value is -2.60. The van der Waals surface area contributed by atoms with Gasteiger partial charge in [0.15, 0.2) is 21.8 Å². The van der Waals surface area contributed by atoms with Crippen molar-refractivity contribution in [2.75, 3.05) is 32.6 Å². The molecule has 35 heavy (non-hydrogen) atoms. The first-order valence-electron chi connectivity index (χ1n) is 11.3. The molecule has 0 N–H and O–H groups in total. The van der Waals surface area contributed by atoms with E-state index < -0.39 is 33.2 Å². The van der Waals surface area contributed by atoms with Crippen molar-refractivity contribution in [2.45, 2.75) is 54.9 Å². The van der Waals surface area contributed by atoms with E-state index in [1.54, 1.807) is 4.90 Å². The second-order valence-corrected chi connectivity index (χ2v) is 12.4. The average Bonchev–Trinajstić information content (AvgIpc) is 3.11. The van der Waals surface area contributed by atoms with Gasteiger partial charge in [-0.25, -0.2) is 17.2 Å². The number of likely N-dealkylation sites (tertiary alicyclic amines) is 1. The Bertz CT molecular complexity index is 1290. The van der Waals surface area contributed by atoms with Gasteiger partial charge in [0, 0.05) is 26.3 Å². The van der Waals surface area contributed by atoms with E-state index in [1.807, 2.05) is 6.92 Å². The highest BCUT2D eigenvalue weighted by Crippen LogP contribution is 2.58. The number of carbonyl (C=O) groups is 1. The monoisotopic (exact) mass is 511 g/mol. The zero-order valence-corrected chi connectivity index (χ0v) is 20.7. The van der Waals surface area contributed by atoms with Crippen LogP contribution in [0, 0.1) is 5.92 Å². The smallest absolute Gasteiger partial charge is 0.281 e. The van der Waals surface area contributed by atoms with Crippen molar-refractivity contribution < 1.29 is 36.0 Å². The third kappa shape index (κ3) is 4.10. The van der Waals surface area contributed by atoms with Gasteiger partial charge in [-0.15, -0.1) is 0 Å². The number of amides is 1. The number of halogens is 2. The maximum absolute atomic E-state index is 13.8. The van der Waals surface area contributed by atoms with Crippen molar-refractivity contribution in [3.05, 3.63) is 35.5 Å². The predicted octanol–water partition coefficient (Wildman–Crippen LogP) is 2.60. The summed E-state index contributed by atoms with van der Waals surface area (Å²) < 4.78 is 67.9. The number of rotatable bonds is 7. The Balaban J connectivity index is 1.41. The molecule has 0 radical (unpaired) electrons. The van der Waals surface area contributed by atoms with Crippen LogP contribution in [0.25, 0.3) is 0 Å². The minimum absolute atomic E-state index is 0.0756. The van der Waals surface area contributed by atoms with Gasteiger partial charge in [-0.1, -0.05) is 5.16 Å². The van der Waals surface area contributed by atoms with E-state index in [4.69, 9.17) is 14.0 Å². The third-order valence-electron chi connectivity index (χ3n) is 7.29. The molecular weight excluding hydrogens is 484 g/mol. The molecule has 0 bridgehead atoms. The van der Waals surface area contributed by atoms with Gasteiger partial charge in [0.05, 0.1) is 34.5 Å². The molecule has 2 saturated heterocycles. The molecule has 190 valence electrons. The van der Waals surface area contributed by atoms with E-state index in [0.717, 1.165) is 19.6 Å². The zero-order chi connectivity index (χ0) is 25.4. The first kappa shape index (κ1) is 24.1. The van der Waals surface area contributed by atoms with Crippen LogP contribution in [0.1, 0.15) is 49.3 Å². The van der Waals surface area contributed by atoms with Crippen LogP contribution in [0.3, 0.4) is 0 Å². The van der Waals surface area contributed by atoms with Gasteiger partial charge in [0.25, 0.3) is 11.8 Å². The molecule has 3 aliphatic rings. The van der Waals surface area contributed by atoms with Crippen molar-refractivity contribution in [1.82, 2.24) is 15.0 Å². The minimum Gasteiger partial charge on any atom is -0.484 e. The lowest BCUT2D eigenvalue weighted by Crippen LogP contribution is -2.44. The molecule has 9 nitrogen and oxygen atoms in total. The normalized spacial score (nSPS) is 26.1. The number of alkyl halides is 2.